The van der Waals surface area contributed by atoms with Gasteiger partial charge in [0.05, 0.1) is 28.9 Å². The zero-order chi connectivity index (χ0) is 25.5. The molecule has 0 fully saturated rings. The number of alkyl halides is 3. The van der Waals surface area contributed by atoms with E-state index in [1.54, 1.807) is 18.4 Å². The Balaban J connectivity index is 1.99. The Morgan fingerprint density at radius 1 is 1.17 bits per heavy atom. The summed E-state index contributed by atoms with van der Waals surface area (Å²) >= 11 is 1.26. The van der Waals surface area contributed by atoms with Crippen LogP contribution < -0.4 is 10.6 Å². The van der Waals surface area contributed by atoms with Gasteiger partial charge in [-0.2, -0.15) is 18.4 Å². The number of nitriles is 1. The summed E-state index contributed by atoms with van der Waals surface area (Å²) in [6, 6.07) is 7.53. The van der Waals surface area contributed by atoms with Gasteiger partial charge in [-0.1, -0.05) is 12.1 Å². The van der Waals surface area contributed by atoms with Crippen LogP contribution >= 0.6 is 11.8 Å². The van der Waals surface area contributed by atoms with Crippen molar-refractivity contribution in [2.75, 3.05) is 11.2 Å². The van der Waals surface area contributed by atoms with Crippen LogP contribution in [-0.2, 0) is 11.0 Å². The lowest BCUT2D eigenvalue weighted by Crippen LogP contribution is -2.55. The van der Waals surface area contributed by atoms with Gasteiger partial charge in [-0.05, 0) is 55.0 Å². The second kappa shape index (κ2) is 9.11. The topological polar surface area (TPSA) is 108 Å². The minimum absolute atomic E-state index is 0.123. The number of anilines is 1. The van der Waals surface area contributed by atoms with Gasteiger partial charge < -0.3 is 5.73 Å². The molecule has 0 saturated heterocycles. The molecule has 0 spiro atoms. The summed E-state index contributed by atoms with van der Waals surface area (Å²) < 4.78 is 40.1. The molecule has 180 valence electrons. The molecule has 11 heteroatoms. The van der Waals surface area contributed by atoms with Gasteiger partial charge in [-0.25, -0.2) is 14.5 Å². The molecule has 2 aromatic rings. The predicted octanol–water partition coefficient (Wildman–Crippen LogP) is 5.37. The summed E-state index contributed by atoms with van der Waals surface area (Å²) in [5, 5.41) is 9.26. The first-order chi connectivity index (χ1) is 16.6. The lowest BCUT2D eigenvalue weighted by atomic mass is 9.83. The number of halogens is 3. The molecular weight excluding hydrogens is 481 g/mol. The van der Waals surface area contributed by atoms with Crippen molar-refractivity contribution in [3.63, 3.8) is 0 Å². The molecule has 4 amide bonds. The summed E-state index contributed by atoms with van der Waals surface area (Å²) in [6.45, 7) is 0. The Labute approximate surface area is 203 Å². The monoisotopic (exact) mass is 500 g/mol. The Hall–Kier alpha value is -3.78. The Morgan fingerprint density at radius 3 is 2.54 bits per heavy atom. The highest BCUT2D eigenvalue weighted by atomic mass is 32.2. The van der Waals surface area contributed by atoms with E-state index < -0.39 is 29.8 Å². The summed E-state index contributed by atoms with van der Waals surface area (Å²) in [5.41, 5.74) is 5.65. The van der Waals surface area contributed by atoms with Crippen molar-refractivity contribution in [1.29, 1.82) is 5.26 Å². The maximum atomic E-state index is 13.7. The molecule has 1 atom stereocenters. The molecule has 2 aliphatic rings. The number of amides is 4. The van der Waals surface area contributed by atoms with Crippen LogP contribution in [0.1, 0.15) is 42.0 Å². The molecule has 2 aromatic carbocycles. The average Bonchev–Trinajstić information content (AvgIpc) is 2.82. The quantitative estimate of drug-likeness (QED) is 0.571. The summed E-state index contributed by atoms with van der Waals surface area (Å²) in [5.74, 6) is -0.330. The standard InChI is InChI=1S/C24H19F3N4O3S/c1-35-19-10-13(12-28)8-9-16(19)21-20-17(6-3-7-18(20)32)30(23(34)31(21)22(29)33)15-5-2-4-14(11-15)24(25,26)27/h2,4-5,8-11,21H,3,6-7H2,1H3,(H2,29,33). The van der Waals surface area contributed by atoms with Gasteiger partial charge >= 0.3 is 18.2 Å². The van der Waals surface area contributed by atoms with Crippen LogP contribution in [0.4, 0.5) is 28.4 Å². The first-order valence-corrected chi connectivity index (χ1v) is 11.7. The van der Waals surface area contributed by atoms with Gasteiger partial charge in [-0.3, -0.25) is 9.69 Å². The van der Waals surface area contributed by atoms with Crippen LogP contribution in [0, 0.1) is 11.3 Å². The number of Topliss-reactive ketones (excluding diaryl/α,β-unsaturated/α-hetero) is 1. The van der Waals surface area contributed by atoms with Crippen LogP contribution in [0.2, 0.25) is 0 Å². The van der Waals surface area contributed by atoms with Crippen molar-refractivity contribution in [1.82, 2.24) is 4.90 Å². The predicted molar refractivity (Wildman–Crippen MR) is 122 cm³/mol. The number of allylic oxidation sites excluding steroid dienone is 1. The van der Waals surface area contributed by atoms with Crippen molar-refractivity contribution >= 4 is 35.3 Å². The molecule has 2 N–H and O–H groups in total. The van der Waals surface area contributed by atoms with Gasteiger partial charge in [0.1, 0.15) is 0 Å². The van der Waals surface area contributed by atoms with Crippen LogP contribution in [-0.4, -0.2) is 29.0 Å². The molecule has 0 radical (unpaired) electrons. The fourth-order valence-corrected chi connectivity index (χ4v) is 5.12. The molecule has 1 aliphatic heterocycles. The molecule has 4 rings (SSSR count). The third-order valence-corrected chi connectivity index (χ3v) is 6.75. The number of hydrogen-bond donors (Lipinski definition) is 1. The van der Waals surface area contributed by atoms with Crippen molar-refractivity contribution < 1.29 is 27.6 Å². The molecule has 1 unspecified atom stereocenters. The van der Waals surface area contributed by atoms with E-state index in [4.69, 9.17) is 5.73 Å². The van der Waals surface area contributed by atoms with Gasteiger partial charge in [0.15, 0.2) is 5.78 Å². The van der Waals surface area contributed by atoms with Gasteiger partial charge in [-0.15, -0.1) is 11.8 Å². The van der Waals surface area contributed by atoms with Gasteiger partial charge in [0.25, 0.3) is 0 Å². The zero-order valence-electron chi connectivity index (χ0n) is 18.4. The number of ketones is 1. The summed E-state index contributed by atoms with van der Waals surface area (Å²) in [4.78, 5) is 41.7. The maximum absolute atomic E-state index is 13.7. The lowest BCUT2D eigenvalue weighted by molar-refractivity contribution is -0.137. The van der Waals surface area contributed by atoms with Crippen molar-refractivity contribution in [2.24, 2.45) is 5.73 Å². The van der Waals surface area contributed by atoms with E-state index in [-0.39, 0.29) is 35.6 Å². The van der Waals surface area contributed by atoms with E-state index in [1.165, 1.54) is 23.9 Å². The van der Waals surface area contributed by atoms with Crippen molar-refractivity contribution in [3.8, 4) is 6.07 Å². The van der Waals surface area contributed by atoms with E-state index in [0.717, 1.165) is 23.1 Å². The highest BCUT2D eigenvalue weighted by Gasteiger charge is 2.47. The Morgan fingerprint density at radius 2 is 1.91 bits per heavy atom. The smallest absolute Gasteiger partial charge is 0.351 e. The van der Waals surface area contributed by atoms with E-state index in [1.807, 2.05) is 6.07 Å². The second-order valence-electron chi connectivity index (χ2n) is 7.98. The molecule has 0 aromatic heterocycles. The summed E-state index contributed by atoms with van der Waals surface area (Å²) in [6.07, 6.45) is -2.12. The first-order valence-electron chi connectivity index (χ1n) is 10.5. The van der Waals surface area contributed by atoms with E-state index in [2.05, 4.69) is 0 Å². The van der Waals surface area contributed by atoms with Crippen molar-refractivity contribution in [2.45, 2.75) is 36.4 Å². The molecule has 0 saturated carbocycles. The third-order valence-electron chi connectivity index (χ3n) is 5.95. The second-order valence-corrected chi connectivity index (χ2v) is 8.83. The number of nitrogens with two attached hydrogens (primary N) is 1. The number of urea groups is 2. The van der Waals surface area contributed by atoms with E-state index in [0.29, 0.717) is 27.3 Å². The maximum Gasteiger partial charge on any atom is 0.416 e. The van der Waals surface area contributed by atoms with Crippen LogP contribution in [0.25, 0.3) is 0 Å². The number of carbonyl (C=O) groups excluding carboxylic acids is 3. The highest BCUT2D eigenvalue weighted by Crippen LogP contribution is 2.46. The van der Waals surface area contributed by atoms with Gasteiger partial charge in [0, 0.05) is 22.6 Å². The number of carbonyl (C=O) groups is 3. The minimum atomic E-state index is -4.66. The van der Waals surface area contributed by atoms with E-state index >= 15 is 0 Å². The Kier molecular flexibility index (Phi) is 6.34. The number of imide groups is 1. The molecule has 35 heavy (non-hydrogen) atoms. The van der Waals surface area contributed by atoms with Gasteiger partial charge in [0.2, 0.25) is 0 Å². The number of benzene rings is 2. The largest absolute Gasteiger partial charge is 0.416 e. The van der Waals surface area contributed by atoms with Crippen LogP contribution in [0.15, 0.2) is 58.6 Å². The minimum Gasteiger partial charge on any atom is -0.351 e. The number of thioether (sulfide) groups is 1. The number of hydrogen-bond acceptors (Lipinski definition) is 5. The molecule has 7 nitrogen and oxygen atoms in total. The van der Waals surface area contributed by atoms with Crippen LogP contribution in [0.3, 0.4) is 0 Å². The normalized spacial score (nSPS) is 18.4. The number of rotatable bonds is 3. The zero-order valence-corrected chi connectivity index (χ0v) is 19.2. The highest BCUT2D eigenvalue weighted by molar-refractivity contribution is 7.98. The Bertz CT molecular complexity index is 1320. The van der Waals surface area contributed by atoms with Crippen LogP contribution in [0.5, 0.6) is 0 Å². The molecule has 1 aliphatic carbocycles. The fourth-order valence-electron chi connectivity index (χ4n) is 4.46. The lowest BCUT2D eigenvalue weighted by Gasteiger charge is -2.44. The third kappa shape index (κ3) is 4.25. The summed E-state index contributed by atoms with van der Waals surface area (Å²) in [7, 11) is 0. The average molecular weight is 501 g/mol. The SMILES string of the molecule is CSc1cc(C#N)ccc1C1C2=C(CCCC2=O)N(c2cccc(C(F)(F)F)c2)C(=O)N1C(N)=O. The molecular formula is C24H19F3N4O3S. The molecule has 1 heterocycles. The first kappa shape index (κ1) is 24.3. The van der Waals surface area contributed by atoms with E-state index in [9.17, 15) is 32.8 Å². The van der Waals surface area contributed by atoms with Crippen molar-refractivity contribution in [3.05, 3.63) is 70.4 Å². The molecule has 0 bridgehead atoms. The number of primary amides is 1. The fraction of sp³-hybridized carbons (Fsp3) is 0.250. The number of nitrogens with zero attached hydrogens (tertiary/aromatic N) is 3.